The van der Waals surface area contributed by atoms with E-state index in [1.54, 1.807) is 13.1 Å². The Morgan fingerprint density at radius 2 is 1.97 bits per heavy atom. The molecule has 1 aromatic carbocycles. The molecule has 0 bridgehead atoms. The normalized spacial score (nSPS) is 17.0. The highest BCUT2D eigenvalue weighted by Crippen LogP contribution is 2.16. The molecule has 0 saturated carbocycles. The summed E-state index contributed by atoms with van der Waals surface area (Å²) in [6.07, 6.45) is 2.29. The summed E-state index contributed by atoms with van der Waals surface area (Å²) < 4.78 is 37.3. The average Bonchev–Trinajstić information content (AvgIpc) is 3.29. The summed E-state index contributed by atoms with van der Waals surface area (Å²) in [5.41, 5.74) is 1.59. The van der Waals surface area contributed by atoms with E-state index < -0.39 is 10.0 Å². The molecule has 170 valence electrons. The fourth-order valence-electron chi connectivity index (χ4n) is 3.45. The van der Waals surface area contributed by atoms with Crippen molar-refractivity contribution in [2.75, 3.05) is 46.4 Å². The number of hydrogen-bond acceptors (Lipinski definition) is 6. The van der Waals surface area contributed by atoms with E-state index in [4.69, 9.17) is 9.26 Å². The van der Waals surface area contributed by atoms with Crippen molar-refractivity contribution in [1.82, 2.24) is 19.7 Å². The molecule has 1 saturated heterocycles. The Hall–Kier alpha value is -2.43. The van der Waals surface area contributed by atoms with Gasteiger partial charge >= 0.3 is 0 Å². The van der Waals surface area contributed by atoms with Gasteiger partial charge in [-0.3, -0.25) is 4.99 Å². The Labute approximate surface area is 184 Å². The largest absolute Gasteiger partial charge is 0.374 e. The van der Waals surface area contributed by atoms with Gasteiger partial charge in [-0.2, -0.15) is 4.31 Å². The quantitative estimate of drug-likeness (QED) is 0.354. The highest BCUT2D eigenvalue weighted by molar-refractivity contribution is 7.88. The molecular formula is C21H31N5O4S. The second-order valence-electron chi connectivity index (χ2n) is 7.38. The van der Waals surface area contributed by atoms with E-state index in [1.807, 2.05) is 18.2 Å². The van der Waals surface area contributed by atoms with Crippen LogP contribution >= 0.6 is 0 Å². The lowest BCUT2D eigenvalue weighted by atomic mass is 10.1. The lowest BCUT2D eigenvalue weighted by molar-refractivity contribution is 0.0645. The van der Waals surface area contributed by atoms with Crippen LogP contribution in [0, 0.1) is 0 Å². The molecule has 9 nitrogen and oxygen atoms in total. The number of aromatic nitrogens is 1. The Morgan fingerprint density at radius 1 is 1.23 bits per heavy atom. The number of guanidine groups is 1. The molecule has 1 aliphatic heterocycles. The van der Waals surface area contributed by atoms with Gasteiger partial charge in [-0.1, -0.05) is 35.5 Å². The third-order valence-corrected chi connectivity index (χ3v) is 7.02. The van der Waals surface area contributed by atoms with Gasteiger partial charge in [-0.05, 0) is 18.9 Å². The van der Waals surface area contributed by atoms with Crippen molar-refractivity contribution < 1.29 is 17.7 Å². The summed E-state index contributed by atoms with van der Waals surface area (Å²) in [5, 5.41) is 7.05. The monoisotopic (exact) mass is 449 g/mol. The van der Waals surface area contributed by atoms with Crippen molar-refractivity contribution in [2.24, 2.45) is 4.99 Å². The van der Waals surface area contributed by atoms with Crippen molar-refractivity contribution in [3.8, 4) is 0 Å². The zero-order valence-electron chi connectivity index (χ0n) is 18.1. The lowest BCUT2D eigenvalue weighted by Crippen LogP contribution is -2.54. The summed E-state index contributed by atoms with van der Waals surface area (Å²) in [6, 6.07) is 11.7. The number of rotatable bonds is 9. The Balaban J connectivity index is 1.37. The molecule has 1 fully saturated rings. The van der Waals surface area contributed by atoms with E-state index >= 15 is 0 Å². The highest BCUT2D eigenvalue weighted by atomic mass is 32.2. The van der Waals surface area contributed by atoms with E-state index in [2.05, 4.69) is 39.4 Å². The first-order valence-electron chi connectivity index (χ1n) is 10.5. The second kappa shape index (κ2) is 11.3. The van der Waals surface area contributed by atoms with E-state index in [9.17, 15) is 8.42 Å². The van der Waals surface area contributed by atoms with Gasteiger partial charge in [-0.15, -0.1) is 0 Å². The van der Waals surface area contributed by atoms with Crippen molar-refractivity contribution >= 4 is 16.0 Å². The summed E-state index contributed by atoms with van der Waals surface area (Å²) >= 11 is 0. The van der Waals surface area contributed by atoms with Crippen molar-refractivity contribution in [2.45, 2.75) is 25.2 Å². The molecule has 10 heteroatoms. The fourth-order valence-corrected chi connectivity index (χ4v) is 4.88. The summed E-state index contributed by atoms with van der Waals surface area (Å²) in [4.78, 5) is 6.42. The van der Waals surface area contributed by atoms with E-state index in [-0.39, 0.29) is 11.9 Å². The van der Waals surface area contributed by atoms with Gasteiger partial charge in [0.2, 0.25) is 10.0 Å². The number of nitrogens with one attached hydrogen (secondary N) is 1. The molecule has 0 amide bonds. The van der Waals surface area contributed by atoms with Gasteiger partial charge in [0, 0.05) is 52.4 Å². The van der Waals surface area contributed by atoms with Crippen molar-refractivity contribution in [3.63, 3.8) is 0 Å². The van der Waals surface area contributed by atoms with Crippen LogP contribution in [0.5, 0.6) is 0 Å². The van der Waals surface area contributed by atoms with Crippen LogP contribution in [0.1, 0.15) is 30.7 Å². The van der Waals surface area contributed by atoms with Crippen LogP contribution in [0.25, 0.3) is 0 Å². The molecule has 3 rings (SSSR count). The zero-order chi connectivity index (χ0) is 22.1. The van der Waals surface area contributed by atoms with Gasteiger partial charge in [-0.25, -0.2) is 8.42 Å². The molecule has 1 aromatic heterocycles. The van der Waals surface area contributed by atoms with E-state index in [0.29, 0.717) is 38.5 Å². The van der Waals surface area contributed by atoms with Crippen LogP contribution in [-0.2, 0) is 20.5 Å². The maximum Gasteiger partial charge on any atom is 0.220 e. The molecule has 0 radical (unpaired) electrons. The topological polar surface area (TPSA) is 100 Å². The first-order valence-corrected chi connectivity index (χ1v) is 12.1. The molecule has 2 heterocycles. The third kappa shape index (κ3) is 6.78. The predicted octanol–water partition coefficient (Wildman–Crippen LogP) is 1.87. The molecule has 0 aliphatic carbocycles. The molecule has 1 aliphatic rings. The zero-order valence-corrected chi connectivity index (χ0v) is 18.9. The SMILES string of the molecule is CN=C(NCCCOC(C)c1ccccc1)N1CCN(S(=O)(=O)Cc2ccon2)CC1. The van der Waals surface area contributed by atoms with E-state index in [0.717, 1.165) is 18.9 Å². The van der Waals surface area contributed by atoms with Crippen LogP contribution in [0.15, 0.2) is 52.2 Å². The van der Waals surface area contributed by atoms with Gasteiger partial charge in [0.15, 0.2) is 5.96 Å². The number of hydrogen-bond donors (Lipinski definition) is 1. The smallest absolute Gasteiger partial charge is 0.220 e. The first-order chi connectivity index (χ1) is 15.0. The van der Waals surface area contributed by atoms with Gasteiger partial charge in [0.25, 0.3) is 0 Å². The number of benzene rings is 1. The minimum absolute atomic E-state index is 0.0628. The minimum Gasteiger partial charge on any atom is -0.374 e. The fraction of sp³-hybridized carbons (Fsp3) is 0.524. The predicted molar refractivity (Wildman–Crippen MR) is 119 cm³/mol. The maximum absolute atomic E-state index is 12.6. The first kappa shape index (κ1) is 23.2. The summed E-state index contributed by atoms with van der Waals surface area (Å²) in [6.45, 7) is 5.43. The molecular weight excluding hydrogens is 418 g/mol. The number of nitrogens with zero attached hydrogens (tertiary/aromatic N) is 4. The molecule has 2 aromatic rings. The molecule has 0 spiro atoms. The van der Waals surface area contributed by atoms with Gasteiger partial charge in [0.1, 0.15) is 12.0 Å². The van der Waals surface area contributed by atoms with Crippen molar-refractivity contribution in [3.05, 3.63) is 53.9 Å². The standard InChI is InChI=1S/C21H31N5O4S/c1-18(19-7-4-3-5-8-19)29-15-6-10-23-21(22-2)25-11-13-26(14-12-25)31(27,28)17-20-9-16-30-24-20/h3-5,7-9,16,18H,6,10-15,17H2,1-2H3,(H,22,23). The number of sulfonamides is 1. The third-order valence-electron chi connectivity index (χ3n) is 5.21. The van der Waals surface area contributed by atoms with Gasteiger partial charge in [0.05, 0.1) is 11.8 Å². The van der Waals surface area contributed by atoms with Crippen LogP contribution in [0.4, 0.5) is 0 Å². The molecule has 1 N–H and O–H groups in total. The average molecular weight is 450 g/mol. The summed E-state index contributed by atoms with van der Waals surface area (Å²) in [7, 11) is -1.67. The molecule has 1 unspecified atom stereocenters. The minimum atomic E-state index is -3.41. The lowest BCUT2D eigenvalue weighted by Gasteiger charge is -2.35. The van der Waals surface area contributed by atoms with Gasteiger partial charge < -0.3 is 19.5 Å². The molecule has 31 heavy (non-hydrogen) atoms. The summed E-state index contributed by atoms with van der Waals surface area (Å²) in [5.74, 6) is 0.641. The van der Waals surface area contributed by atoms with Crippen LogP contribution < -0.4 is 5.32 Å². The van der Waals surface area contributed by atoms with Crippen LogP contribution in [-0.4, -0.2) is 75.1 Å². The van der Waals surface area contributed by atoms with Crippen LogP contribution in [0.3, 0.4) is 0 Å². The Bertz CT molecular complexity index is 911. The Kier molecular flexibility index (Phi) is 8.44. The maximum atomic E-state index is 12.6. The van der Waals surface area contributed by atoms with E-state index in [1.165, 1.54) is 16.1 Å². The van der Waals surface area contributed by atoms with Crippen molar-refractivity contribution in [1.29, 1.82) is 0 Å². The Morgan fingerprint density at radius 3 is 2.61 bits per heavy atom. The second-order valence-corrected chi connectivity index (χ2v) is 9.35. The highest BCUT2D eigenvalue weighted by Gasteiger charge is 2.28. The van der Waals surface area contributed by atoms with Crippen LogP contribution in [0.2, 0.25) is 0 Å². The molecule has 1 atom stereocenters. The number of aliphatic imine (C=N–C) groups is 1. The number of piperazine rings is 1. The number of ether oxygens (including phenoxy) is 1.